The lowest BCUT2D eigenvalue weighted by Gasteiger charge is -2.26. The van der Waals surface area contributed by atoms with Crippen LogP contribution in [-0.2, 0) is 26.2 Å². The van der Waals surface area contributed by atoms with Crippen molar-refractivity contribution in [1.29, 1.82) is 0 Å². The molecule has 1 N–H and O–H groups in total. The Bertz CT molecular complexity index is 1110. The Morgan fingerprint density at radius 2 is 2.00 bits per heavy atom. The van der Waals surface area contributed by atoms with Gasteiger partial charge in [0.1, 0.15) is 12.4 Å². The van der Waals surface area contributed by atoms with E-state index in [0.717, 1.165) is 9.87 Å². The summed E-state index contributed by atoms with van der Waals surface area (Å²) in [7, 11) is -3.90. The van der Waals surface area contributed by atoms with E-state index in [4.69, 9.17) is 15.9 Å². The van der Waals surface area contributed by atoms with Gasteiger partial charge in [0.05, 0.1) is 17.0 Å². The van der Waals surface area contributed by atoms with Crippen molar-refractivity contribution in [3.63, 3.8) is 0 Å². The van der Waals surface area contributed by atoms with Crippen LogP contribution in [0.5, 0.6) is 5.75 Å². The van der Waals surface area contributed by atoms with E-state index in [2.05, 4.69) is 11.2 Å². The molecule has 0 aromatic heterocycles. The van der Waals surface area contributed by atoms with Crippen LogP contribution in [0.3, 0.4) is 0 Å². The van der Waals surface area contributed by atoms with Crippen molar-refractivity contribution in [1.82, 2.24) is 9.62 Å². The minimum Gasteiger partial charge on any atom is -0.478 e. The number of hydrogen-bond acceptors (Lipinski definition) is 6. The fourth-order valence-electron chi connectivity index (χ4n) is 2.89. The Morgan fingerprint density at radius 1 is 1.26 bits per heavy atom. The topological polar surface area (TPSA) is 102 Å². The van der Waals surface area contributed by atoms with E-state index in [9.17, 15) is 18.0 Å². The fraction of sp³-hybridized carbons (Fsp3) is 0.273. The number of carbonyl (C=O) groups is 2. The van der Waals surface area contributed by atoms with Crippen molar-refractivity contribution in [3.8, 4) is 18.1 Å². The number of ether oxygens (including phenoxy) is 2. The standard InChI is InChI=1S/C22H22N2O6S/c1-3-16(2)30-19-9-7-17(8-10-19)15-29-22(26)18-5-4-6-20(13-18)31(27,28)24-12-11-23-21(25)14-24/h1,4-10,13,16H,11-12,14-15H2,2H3,(H,23,25)/t16-/m1/s1. The number of piperazine rings is 1. The second-order valence-electron chi connectivity index (χ2n) is 6.86. The molecule has 0 unspecified atom stereocenters. The molecule has 0 saturated carbocycles. The highest BCUT2D eigenvalue weighted by Gasteiger charge is 2.29. The number of rotatable bonds is 7. The molecule has 2 aromatic carbocycles. The van der Waals surface area contributed by atoms with Crippen LogP contribution in [0, 0.1) is 12.3 Å². The first kappa shape index (κ1) is 22.3. The number of nitrogens with zero attached hydrogens (tertiary/aromatic N) is 1. The summed E-state index contributed by atoms with van der Waals surface area (Å²) in [6.45, 7) is 1.92. The van der Waals surface area contributed by atoms with Gasteiger partial charge in [-0.15, -0.1) is 6.42 Å². The number of terminal acetylenes is 1. The molecule has 0 radical (unpaired) electrons. The van der Waals surface area contributed by atoms with Crippen molar-refractivity contribution in [2.24, 2.45) is 0 Å². The van der Waals surface area contributed by atoms with Gasteiger partial charge >= 0.3 is 5.97 Å². The summed E-state index contributed by atoms with van der Waals surface area (Å²) in [5.41, 5.74) is 0.836. The van der Waals surface area contributed by atoms with E-state index in [-0.39, 0.29) is 48.7 Å². The van der Waals surface area contributed by atoms with E-state index in [1.165, 1.54) is 24.3 Å². The van der Waals surface area contributed by atoms with E-state index in [1.807, 2.05) is 0 Å². The van der Waals surface area contributed by atoms with Gasteiger partial charge in [-0.1, -0.05) is 24.1 Å². The fourth-order valence-corrected chi connectivity index (χ4v) is 4.33. The smallest absolute Gasteiger partial charge is 0.338 e. The summed E-state index contributed by atoms with van der Waals surface area (Å²) >= 11 is 0. The first-order valence-corrected chi connectivity index (χ1v) is 11.0. The third-order valence-electron chi connectivity index (χ3n) is 4.55. The minimum atomic E-state index is -3.90. The summed E-state index contributed by atoms with van der Waals surface area (Å²) < 4.78 is 37.4. The van der Waals surface area contributed by atoms with E-state index >= 15 is 0 Å². The molecule has 1 amide bonds. The lowest BCUT2D eigenvalue weighted by molar-refractivity contribution is -0.122. The molecule has 2 aromatic rings. The Balaban J connectivity index is 1.65. The molecule has 162 valence electrons. The second-order valence-corrected chi connectivity index (χ2v) is 8.80. The lowest BCUT2D eigenvalue weighted by atomic mass is 10.2. The van der Waals surface area contributed by atoms with Crippen LogP contribution in [0.1, 0.15) is 22.8 Å². The summed E-state index contributed by atoms with van der Waals surface area (Å²) in [6, 6.07) is 12.5. The zero-order chi connectivity index (χ0) is 22.4. The number of esters is 1. The molecule has 1 saturated heterocycles. The predicted octanol–water partition coefficient (Wildman–Crippen LogP) is 1.56. The van der Waals surface area contributed by atoms with Crippen LogP contribution in [0.4, 0.5) is 0 Å². The molecule has 31 heavy (non-hydrogen) atoms. The maximum atomic E-state index is 12.8. The summed E-state index contributed by atoms with van der Waals surface area (Å²) in [6.07, 6.45) is 4.93. The number of carbonyl (C=O) groups excluding carboxylic acids is 2. The zero-order valence-corrected chi connectivity index (χ0v) is 17.7. The molecule has 0 bridgehead atoms. The summed E-state index contributed by atoms with van der Waals surface area (Å²) in [5.74, 6) is 2.05. The molecule has 9 heteroatoms. The Morgan fingerprint density at radius 3 is 2.68 bits per heavy atom. The average molecular weight is 442 g/mol. The Hall–Kier alpha value is -3.35. The third kappa shape index (κ3) is 5.63. The van der Waals surface area contributed by atoms with Gasteiger partial charge < -0.3 is 14.8 Å². The van der Waals surface area contributed by atoms with Crippen LogP contribution in [-0.4, -0.2) is 50.3 Å². The van der Waals surface area contributed by atoms with Crippen LogP contribution < -0.4 is 10.1 Å². The van der Waals surface area contributed by atoms with Crippen molar-refractivity contribution >= 4 is 21.9 Å². The second kappa shape index (κ2) is 9.64. The molecule has 1 aliphatic heterocycles. The monoisotopic (exact) mass is 442 g/mol. The molecule has 0 aliphatic carbocycles. The van der Waals surface area contributed by atoms with Gasteiger partial charge in [-0.25, -0.2) is 13.2 Å². The molecule has 1 aliphatic rings. The highest BCUT2D eigenvalue weighted by atomic mass is 32.2. The van der Waals surface area contributed by atoms with Crippen molar-refractivity contribution in [2.45, 2.75) is 24.5 Å². The van der Waals surface area contributed by atoms with Crippen LogP contribution in [0.15, 0.2) is 53.4 Å². The highest BCUT2D eigenvalue weighted by Crippen LogP contribution is 2.19. The van der Waals surface area contributed by atoms with Gasteiger partial charge in [0, 0.05) is 13.1 Å². The quantitative estimate of drug-likeness (QED) is 0.516. The predicted molar refractivity (Wildman–Crippen MR) is 113 cm³/mol. The maximum absolute atomic E-state index is 12.8. The molecule has 1 atom stereocenters. The van der Waals surface area contributed by atoms with E-state index in [0.29, 0.717) is 5.75 Å². The number of hydrogen-bond donors (Lipinski definition) is 1. The largest absolute Gasteiger partial charge is 0.478 e. The van der Waals surface area contributed by atoms with Gasteiger partial charge in [0.15, 0.2) is 6.10 Å². The highest BCUT2D eigenvalue weighted by molar-refractivity contribution is 7.89. The summed E-state index contributed by atoms with van der Waals surface area (Å²) in [4.78, 5) is 23.9. The van der Waals surface area contributed by atoms with Crippen LogP contribution >= 0.6 is 0 Å². The minimum absolute atomic E-state index is 0.00702. The SMILES string of the molecule is C#C[C@@H](C)Oc1ccc(COC(=O)c2cccc(S(=O)(=O)N3CCNC(=O)C3)c2)cc1. The van der Waals surface area contributed by atoms with Crippen LogP contribution in [0.2, 0.25) is 0 Å². The number of benzene rings is 2. The number of amides is 1. The lowest BCUT2D eigenvalue weighted by Crippen LogP contribution is -2.49. The molecule has 1 fully saturated rings. The van der Waals surface area contributed by atoms with Gasteiger partial charge in [-0.2, -0.15) is 4.31 Å². The van der Waals surface area contributed by atoms with Crippen molar-refractivity contribution < 1.29 is 27.5 Å². The zero-order valence-electron chi connectivity index (χ0n) is 16.9. The molecule has 3 rings (SSSR count). The Labute approximate surface area is 181 Å². The van der Waals surface area contributed by atoms with E-state index < -0.39 is 16.0 Å². The molecular weight excluding hydrogens is 420 g/mol. The number of nitrogens with one attached hydrogen (secondary N) is 1. The normalized spacial score (nSPS) is 15.4. The molecule has 8 nitrogen and oxygen atoms in total. The van der Waals surface area contributed by atoms with Gasteiger partial charge in [0.2, 0.25) is 15.9 Å². The molecular formula is C22H22N2O6S. The first-order valence-electron chi connectivity index (χ1n) is 9.55. The number of sulfonamides is 1. The first-order chi connectivity index (χ1) is 14.8. The average Bonchev–Trinajstić information content (AvgIpc) is 2.78. The maximum Gasteiger partial charge on any atom is 0.338 e. The Kier molecular flexibility index (Phi) is 6.95. The van der Waals surface area contributed by atoms with Crippen LogP contribution in [0.25, 0.3) is 0 Å². The van der Waals surface area contributed by atoms with Crippen molar-refractivity contribution in [2.75, 3.05) is 19.6 Å². The van der Waals surface area contributed by atoms with Gasteiger partial charge in [-0.05, 0) is 42.8 Å². The molecule has 1 heterocycles. The third-order valence-corrected chi connectivity index (χ3v) is 6.39. The van der Waals surface area contributed by atoms with Gasteiger partial charge in [-0.3, -0.25) is 4.79 Å². The summed E-state index contributed by atoms with van der Waals surface area (Å²) in [5, 5.41) is 2.58. The molecule has 0 spiro atoms. The van der Waals surface area contributed by atoms with Gasteiger partial charge in [0.25, 0.3) is 0 Å². The van der Waals surface area contributed by atoms with E-state index in [1.54, 1.807) is 31.2 Å². The van der Waals surface area contributed by atoms with Crippen molar-refractivity contribution in [3.05, 3.63) is 59.7 Å².